The highest BCUT2D eigenvalue weighted by molar-refractivity contribution is 5.62. The molecule has 0 spiro atoms. The maximum Gasteiger partial charge on any atom is 0.181 e. The molecule has 1 aromatic heterocycles. The molecular weight excluding hydrogens is 266 g/mol. The molecule has 21 heavy (non-hydrogen) atoms. The molecule has 1 heterocycles. The van der Waals surface area contributed by atoms with Crippen molar-refractivity contribution in [1.29, 1.82) is 0 Å². The van der Waals surface area contributed by atoms with Crippen LogP contribution in [0.4, 0.5) is 5.69 Å². The van der Waals surface area contributed by atoms with Gasteiger partial charge in [-0.1, -0.05) is 12.1 Å². The number of nitrogens with one attached hydrogen (secondary N) is 2. The molecule has 4 N–H and O–H groups in total. The van der Waals surface area contributed by atoms with Gasteiger partial charge in [0.1, 0.15) is 5.82 Å². The van der Waals surface area contributed by atoms with Crippen molar-refractivity contribution in [3.8, 4) is 11.4 Å². The van der Waals surface area contributed by atoms with Crippen LogP contribution in [0.3, 0.4) is 0 Å². The Labute approximate surface area is 125 Å². The molecule has 1 atom stereocenters. The van der Waals surface area contributed by atoms with Crippen molar-refractivity contribution in [1.82, 2.24) is 15.2 Å². The lowest BCUT2D eigenvalue weighted by Crippen LogP contribution is -2.25. The molecule has 0 aliphatic carbocycles. The van der Waals surface area contributed by atoms with E-state index in [1.54, 1.807) is 7.11 Å². The SMILES string of the molecule is COCC(CCCN)Nc1cccc(-c2n[nH]c(C)n2)c1. The van der Waals surface area contributed by atoms with Crippen LogP contribution in [-0.2, 0) is 4.74 Å². The van der Waals surface area contributed by atoms with Crippen LogP contribution in [0.15, 0.2) is 24.3 Å². The van der Waals surface area contributed by atoms with Crippen LogP contribution in [0.25, 0.3) is 11.4 Å². The molecular formula is C15H23N5O. The summed E-state index contributed by atoms with van der Waals surface area (Å²) in [6, 6.07) is 8.33. The Hall–Kier alpha value is -1.92. The predicted octanol–water partition coefficient (Wildman–Crippen LogP) is 1.95. The number of hydrogen-bond acceptors (Lipinski definition) is 5. The third kappa shape index (κ3) is 4.54. The Kier molecular flexibility index (Phi) is 5.71. The second kappa shape index (κ2) is 7.75. The average Bonchev–Trinajstić information content (AvgIpc) is 2.92. The number of H-pyrrole nitrogens is 1. The zero-order chi connectivity index (χ0) is 15.1. The van der Waals surface area contributed by atoms with Gasteiger partial charge in [0.25, 0.3) is 0 Å². The Morgan fingerprint density at radius 1 is 1.43 bits per heavy atom. The molecule has 1 unspecified atom stereocenters. The van der Waals surface area contributed by atoms with Crippen molar-refractivity contribution < 1.29 is 4.74 Å². The van der Waals surface area contributed by atoms with Gasteiger partial charge in [0.05, 0.1) is 6.61 Å². The van der Waals surface area contributed by atoms with Crippen molar-refractivity contribution >= 4 is 5.69 Å². The lowest BCUT2D eigenvalue weighted by Gasteiger charge is -2.19. The van der Waals surface area contributed by atoms with Crippen molar-refractivity contribution in [3.63, 3.8) is 0 Å². The van der Waals surface area contributed by atoms with Crippen LogP contribution in [0.5, 0.6) is 0 Å². The topological polar surface area (TPSA) is 88.9 Å². The number of aromatic amines is 1. The average molecular weight is 289 g/mol. The number of nitrogens with two attached hydrogens (primary N) is 1. The largest absolute Gasteiger partial charge is 0.383 e. The normalized spacial score (nSPS) is 12.3. The van der Waals surface area contributed by atoms with Gasteiger partial charge in [-0.15, -0.1) is 0 Å². The van der Waals surface area contributed by atoms with Crippen molar-refractivity contribution in [2.75, 3.05) is 25.6 Å². The lowest BCUT2D eigenvalue weighted by atomic mass is 10.1. The summed E-state index contributed by atoms with van der Waals surface area (Å²) >= 11 is 0. The van der Waals surface area contributed by atoms with Crippen molar-refractivity contribution in [2.45, 2.75) is 25.8 Å². The van der Waals surface area contributed by atoms with Gasteiger partial charge in [0.2, 0.25) is 0 Å². The third-order valence-corrected chi connectivity index (χ3v) is 3.21. The summed E-state index contributed by atoms with van der Waals surface area (Å²) in [4.78, 5) is 4.35. The minimum atomic E-state index is 0.252. The highest BCUT2D eigenvalue weighted by Crippen LogP contribution is 2.20. The fourth-order valence-corrected chi connectivity index (χ4v) is 2.22. The zero-order valence-corrected chi connectivity index (χ0v) is 12.6. The van der Waals surface area contributed by atoms with Gasteiger partial charge in [-0.3, -0.25) is 5.10 Å². The Bertz CT molecular complexity index is 555. The lowest BCUT2D eigenvalue weighted by molar-refractivity contribution is 0.182. The van der Waals surface area contributed by atoms with Crippen LogP contribution in [0.1, 0.15) is 18.7 Å². The minimum Gasteiger partial charge on any atom is -0.383 e. The van der Waals surface area contributed by atoms with Gasteiger partial charge in [0.15, 0.2) is 5.82 Å². The monoisotopic (exact) mass is 289 g/mol. The van der Waals surface area contributed by atoms with Gasteiger partial charge in [-0.25, -0.2) is 4.98 Å². The first-order valence-electron chi connectivity index (χ1n) is 7.18. The maximum atomic E-state index is 5.58. The van der Waals surface area contributed by atoms with Gasteiger partial charge < -0.3 is 15.8 Å². The van der Waals surface area contributed by atoms with E-state index in [2.05, 4.69) is 20.5 Å². The van der Waals surface area contributed by atoms with Crippen molar-refractivity contribution in [3.05, 3.63) is 30.1 Å². The smallest absolute Gasteiger partial charge is 0.181 e. The number of aryl methyl sites for hydroxylation is 1. The van der Waals surface area contributed by atoms with E-state index in [1.807, 2.05) is 31.2 Å². The standard InChI is InChI=1S/C15H23N5O/c1-11-17-15(20-19-11)12-5-3-6-13(9-12)18-14(10-21-2)7-4-8-16/h3,5-6,9,14,18H,4,7-8,10,16H2,1-2H3,(H,17,19,20). The summed E-state index contributed by atoms with van der Waals surface area (Å²) in [7, 11) is 1.71. The number of rotatable bonds is 8. The zero-order valence-electron chi connectivity index (χ0n) is 12.6. The summed E-state index contributed by atoms with van der Waals surface area (Å²) in [5, 5.41) is 10.5. The number of hydrogen-bond donors (Lipinski definition) is 3. The molecule has 0 bridgehead atoms. The van der Waals surface area contributed by atoms with Crippen LogP contribution in [-0.4, -0.2) is 41.5 Å². The minimum absolute atomic E-state index is 0.252. The summed E-state index contributed by atoms with van der Waals surface area (Å²) in [6.07, 6.45) is 1.95. The molecule has 0 radical (unpaired) electrons. The van der Waals surface area contributed by atoms with Crippen molar-refractivity contribution in [2.24, 2.45) is 5.73 Å². The van der Waals surface area contributed by atoms with E-state index in [0.29, 0.717) is 19.0 Å². The Morgan fingerprint density at radius 2 is 2.29 bits per heavy atom. The molecule has 0 aliphatic rings. The van der Waals surface area contributed by atoms with Crippen LogP contribution in [0.2, 0.25) is 0 Å². The molecule has 114 valence electrons. The molecule has 0 saturated carbocycles. The number of methoxy groups -OCH3 is 1. The van der Waals surface area contributed by atoms with Crippen LogP contribution < -0.4 is 11.1 Å². The molecule has 0 amide bonds. The summed E-state index contributed by atoms with van der Waals surface area (Å²) in [5.41, 5.74) is 7.60. The first-order valence-corrected chi connectivity index (χ1v) is 7.18. The molecule has 2 aromatic rings. The van der Waals surface area contributed by atoms with E-state index in [1.165, 1.54) is 0 Å². The molecule has 2 rings (SSSR count). The van der Waals surface area contributed by atoms with E-state index in [4.69, 9.17) is 10.5 Å². The Morgan fingerprint density at radius 3 is 2.95 bits per heavy atom. The van der Waals surface area contributed by atoms with E-state index in [-0.39, 0.29) is 6.04 Å². The van der Waals surface area contributed by atoms with Gasteiger partial charge in [0, 0.05) is 24.4 Å². The first-order chi connectivity index (χ1) is 10.2. The summed E-state index contributed by atoms with van der Waals surface area (Å²) in [5.74, 6) is 1.52. The number of ether oxygens (including phenoxy) is 1. The van der Waals surface area contributed by atoms with Crippen LogP contribution in [0, 0.1) is 6.92 Å². The number of benzene rings is 1. The van der Waals surface area contributed by atoms with E-state index in [0.717, 1.165) is 29.9 Å². The third-order valence-electron chi connectivity index (χ3n) is 3.21. The molecule has 0 saturated heterocycles. The number of anilines is 1. The van der Waals surface area contributed by atoms with E-state index in [9.17, 15) is 0 Å². The summed E-state index contributed by atoms with van der Waals surface area (Å²) < 4.78 is 5.26. The maximum absolute atomic E-state index is 5.58. The quantitative estimate of drug-likeness (QED) is 0.691. The first kappa shape index (κ1) is 15.5. The second-order valence-electron chi connectivity index (χ2n) is 5.05. The Balaban J connectivity index is 2.08. The molecule has 0 fully saturated rings. The fraction of sp³-hybridized carbons (Fsp3) is 0.467. The van der Waals surface area contributed by atoms with Gasteiger partial charge in [-0.05, 0) is 38.4 Å². The van der Waals surface area contributed by atoms with Crippen LogP contribution >= 0.6 is 0 Å². The molecule has 6 heteroatoms. The van der Waals surface area contributed by atoms with E-state index < -0.39 is 0 Å². The van der Waals surface area contributed by atoms with Gasteiger partial charge in [-0.2, -0.15) is 5.10 Å². The summed E-state index contributed by atoms with van der Waals surface area (Å²) in [6.45, 7) is 3.24. The predicted molar refractivity (Wildman–Crippen MR) is 84.1 cm³/mol. The van der Waals surface area contributed by atoms with Gasteiger partial charge >= 0.3 is 0 Å². The fourth-order valence-electron chi connectivity index (χ4n) is 2.22. The highest BCUT2D eigenvalue weighted by Gasteiger charge is 2.09. The molecule has 6 nitrogen and oxygen atoms in total. The number of nitrogens with zero attached hydrogens (tertiary/aromatic N) is 2. The van der Waals surface area contributed by atoms with E-state index >= 15 is 0 Å². The number of aromatic nitrogens is 3. The second-order valence-corrected chi connectivity index (χ2v) is 5.05. The molecule has 1 aromatic carbocycles. The molecule has 0 aliphatic heterocycles. The highest BCUT2D eigenvalue weighted by atomic mass is 16.5.